The highest BCUT2D eigenvalue weighted by atomic mass is 16.5. The van der Waals surface area contributed by atoms with Gasteiger partial charge in [-0.3, -0.25) is 4.79 Å². The van der Waals surface area contributed by atoms with Crippen LogP contribution in [0, 0.1) is 11.8 Å². The third-order valence-electron chi connectivity index (χ3n) is 2.82. The third kappa shape index (κ3) is 4.31. The van der Waals surface area contributed by atoms with Crippen LogP contribution in [0.25, 0.3) is 0 Å². The van der Waals surface area contributed by atoms with Gasteiger partial charge in [-0.05, 0) is 12.5 Å². The minimum Gasteiger partial charge on any atom is -0.380 e. The Kier molecular flexibility index (Phi) is 5.26. The molecule has 0 aromatic rings. The lowest BCUT2D eigenvalue weighted by atomic mass is 9.99. The number of ether oxygens (including phenoxy) is 1. The van der Waals surface area contributed by atoms with E-state index in [1.807, 2.05) is 0 Å². The predicted molar refractivity (Wildman–Crippen MR) is 60.9 cm³/mol. The van der Waals surface area contributed by atoms with Crippen LogP contribution >= 0.6 is 0 Å². The molecule has 0 bridgehead atoms. The molecule has 0 radical (unpaired) electrons. The molecule has 1 aliphatic heterocycles. The molecule has 1 heterocycles. The number of nitrogens with zero attached hydrogens (tertiary/aromatic N) is 1. The van der Waals surface area contributed by atoms with Gasteiger partial charge in [-0.15, -0.1) is 0 Å². The fraction of sp³-hybridized carbons (Fsp3) is 0.917. The Labute approximate surface area is 92.8 Å². The molecule has 1 atom stereocenters. The Bertz CT molecular complexity index is 204. The normalized spacial score (nSPS) is 22.7. The van der Waals surface area contributed by atoms with Crippen molar-refractivity contribution in [3.63, 3.8) is 0 Å². The molecule has 0 aliphatic carbocycles. The minimum atomic E-state index is 0.109. The maximum atomic E-state index is 11.6. The third-order valence-corrected chi connectivity index (χ3v) is 2.82. The molecule has 1 fully saturated rings. The van der Waals surface area contributed by atoms with Crippen LogP contribution in [0.5, 0.6) is 0 Å². The highest BCUT2D eigenvalue weighted by Gasteiger charge is 2.24. The predicted octanol–water partition coefficient (Wildman–Crippen LogP) is 1.57. The van der Waals surface area contributed by atoms with E-state index in [-0.39, 0.29) is 5.92 Å². The van der Waals surface area contributed by atoms with E-state index in [4.69, 9.17) is 4.74 Å². The Morgan fingerprint density at radius 2 is 2.27 bits per heavy atom. The molecule has 88 valence electrons. The average molecular weight is 213 g/mol. The van der Waals surface area contributed by atoms with Gasteiger partial charge in [0.05, 0.1) is 19.1 Å². The fourth-order valence-corrected chi connectivity index (χ4v) is 2.01. The second-order valence-electron chi connectivity index (χ2n) is 4.73. The molecule has 0 amide bonds. The van der Waals surface area contributed by atoms with E-state index in [1.54, 1.807) is 0 Å². The van der Waals surface area contributed by atoms with E-state index >= 15 is 0 Å². The molecule has 3 heteroatoms. The molecular formula is C12H23NO2. The van der Waals surface area contributed by atoms with Crippen LogP contribution in [0.2, 0.25) is 0 Å². The van der Waals surface area contributed by atoms with E-state index in [1.165, 1.54) is 0 Å². The Balaban J connectivity index is 2.39. The van der Waals surface area contributed by atoms with E-state index in [0.29, 0.717) is 31.3 Å². The second kappa shape index (κ2) is 6.23. The fourth-order valence-electron chi connectivity index (χ4n) is 2.01. The first-order valence-corrected chi connectivity index (χ1v) is 5.96. The van der Waals surface area contributed by atoms with Crippen molar-refractivity contribution in [3.8, 4) is 0 Å². The van der Waals surface area contributed by atoms with Crippen LogP contribution in [0.3, 0.4) is 0 Å². The zero-order chi connectivity index (χ0) is 11.3. The zero-order valence-corrected chi connectivity index (χ0v) is 10.2. The van der Waals surface area contributed by atoms with Crippen molar-refractivity contribution in [3.05, 3.63) is 0 Å². The van der Waals surface area contributed by atoms with Crippen molar-refractivity contribution < 1.29 is 9.53 Å². The molecule has 0 N–H and O–H groups in total. The Morgan fingerprint density at radius 1 is 1.53 bits per heavy atom. The van der Waals surface area contributed by atoms with E-state index in [9.17, 15) is 4.79 Å². The lowest BCUT2D eigenvalue weighted by molar-refractivity contribution is -0.131. The maximum absolute atomic E-state index is 11.6. The monoisotopic (exact) mass is 213 g/mol. The van der Waals surface area contributed by atoms with Crippen molar-refractivity contribution in [1.82, 2.24) is 4.90 Å². The van der Waals surface area contributed by atoms with Gasteiger partial charge in [0, 0.05) is 19.5 Å². The minimum absolute atomic E-state index is 0.109. The number of Topliss-reactive ketones (excluding diaryl/α,β-unsaturated/α-hetero) is 1. The van der Waals surface area contributed by atoms with Gasteiger partial charge < -0.3 is 9.64 Å². The van der Waals surface area contributed by atoms with Gasteiger partial charge in [-0.1, -0.05) is 20.8 Å². The summed E-state index contributed by atoms with van der Waals surface area (Å²) in [6.07, 6.45) is 0.601. The van der Waals surface area contributed by atoms with Crippen LogP contribution in [0.1, 0.15) is 27.2 Å². The molecule has 0 aromatic carbocycles. The van der Waals surface area contributed by atoms with Gasteiger partial charge in [0.25, 0.3) is 0 Å². The molecule has 1 rings (SSSR count). The summed E-state index contributed by atoms with van der Waals surface area (Å²) in [6, 6.07) is 0. The van der Waals surface area contributed by atoms with E-state index < -0.39 is 0 Å². The van der Waals surface area contributed by atoms with Crippen molar-refractivity contribution in [2.24, 2.45) is 11.8 Å². The summed E-state index contributed by atoms with van der Waals surface area (Å²) in [6.45, 7) is 10.8. The first-order chi connectivity index (χ1) is 7.13. The quantitative estimate of drug-likeness (QED) is 0.694. The number of hydrogen-bond acceptors (Lipinski definition) is 3. The summed E-state index contributed by atoms with van der Waals surface area (Å²) in [5.41, 5.74) is 0. The molecule has 0 spiro atoms. The lowest BCUT2D eigenvalue weighted by Crippen LogP contribution is -2.39. The summed E-state index contributed by atoms with van der Waals surface area (Å²) in [5.74, 6) is 1.14. The van der Waals surface area contributed by atoms with Gasteiger partial charge in [0.2, 0.25) is 0 Å². The standard InChI is InChI=1S/C12H23NO2/c1-4-13(7-10(2)3)8-11-9-15-6-5-12(11)14/h10-11H,4-9H2,1-3H3. The molecule has 0 aromatic heterocycles. The van der Waals surface area contributed by atoms with Gasteiger partial charge in [-0.2, -0.15) is 0 Å². The first-order valence-electron chi connectivity index (χ1n) is 5.96. The van der Waals surface area contributed by atoms with Gasteiger partial charge in [-0.25, -0.2) is 0 Å². The van der Waals surface area contributed by atoms with E-state index in [0.717, 1.165) is 19.6 Å². The summed E-state index contributed by atoms with van der Waals surface area (Å²) < 4.78 is 5.36. The summed E-state index contributed by atoms with van der Waals surface area (Å²) in [5, 5.41) is 0. The average Bonchev–Trinajstić information content (AvgIpc) is 2.19. The Hall–Kier alpha value is -0.410. The summed E-state index contributed by atoms with van der Waals surface area (Å²) in [4.78, 5) is 14.0. The van der Waals surface area contributed by atoms with Crippen LogP contribution < -0.4 is 0 Å². The molecule has 1 aliphatic rings. The second-order valence-corrected chi connectivity index (χ2v) is 4.73. The maximum Gasteiger partial charge on any atom is 0.141 e. The molecule has 15 heavy (non-hydrogen) atoms. The lowest BCUT2D eigenvalue weighted by Gasteiger charge is -2.29. The first kappa shape index (κ1) is 12.7. The molecule has 3 nitrogen and oxygen atoms in total. The summed E-state index contributed by atoms with van der Waals surface area (Å²) in [7, 11) is 0. The summed E-state index contributed by atoms with van der Waals surface area (Å²) >= 11 is 0. The number of hydrogen-bond donors (Lipinski definition) is 0. The molecule has 0 saturated carbocycles. The van der Waals surface area contributed by atoms with Crippen molar-refractivity contribution >= 4 is 5.78 Å². The Morgan fingerprint density at radius 3 is 2.80 bits per heavy atom. The smallest absolute Gasteiger partial charge is 0.141 e. The SMILES string of the molecule is CCN(CC(C)C)CC1COCCC1=O. The van der Waals surface area contributed by atoms with Gasteiger partial charge in [0.1, 0.15) is 5.78 Å². The van der Waals surface area contributed by atoms with Gasteiger partial charge in [0.15, 0.2) is 0 Å². The topological polar surface area (TPSA) is 29.5 Å². The van der Waals surface area contributed by atoms with Crippen LogP contribution in [-0.2, 0) is 9.53 Å². The largest absolute Gasteiger partial charge is 0.380 e. The van der Waals surface area contributed by atoms with Crippen molar-refractivity contribution in [2.75, 3.05) is 32.8 Å². The van der Waals surface area contributed by atoms with Crippen molar-refractivity contribution in [1.29, 1.82) is 0 Å². The van der Waals surface area contributed by atoms with Crippen LogP contribution in [0.15, 0.2) is 0 Å². The molecule has 1 unspecified atom stereocenters. The van der Waals surface area contributed by atoms with E-state index in [2.05, 4.69) is 25.7 Å². The van der Waals surface area contributed by atoms with Crippen LogP contribution in [0.4, 0.5) is 0 Å². The molecular weight excluding hydrogens is 190 g/mol. The van der Waals surface area contributed by atoms with Crippen LogP contribution in [-0.4, -0.2) is 43.5 Å². The number of carbonyl (C=O) groups is 1. The van der Waals surface area contributed by atoms with Crippen molar-refractivity contribution in [2.45, 2.75) is 27.2 Å². The number of ketones is 1. The molecule has 1 saturated heterocycles. The zero-order valence-electron chi connectivity index (χ0n) is 10.2. The number of rotatable bonds is 5. The highest BCUT2D eigenvalue weighted by molar-refractivity contribution is 5.82. The van der Waals surface area contributed by atoms with Gasteiger partial charge >= 0.3 is 0 Å². The highest BCUT2D eigenvalue weighted by Crippen LogP contribution is 2.12. The number of carbonyl (C=O) groups excluding carboxylic acids is 1.